The fourth-order valence-corrected chi connectivity index (χ4v) is 2.17. The Morgan fingerprint density at radius 2 is 2.27 bits per heavy atom. The molecule has 0 saturated heterocycles. The van der Waals surface area contributed by atoms with Crippen molar-refractivity contribution in [2.45, 2.75) is 4.90 Å². The second kappa shape index (κ2) is 5.05. The number of rotatable bonds is 4. The second-order valence-corrected chi connectivity index (χ2v) is 5.35. The zero-order chi connectivity index (χ0) is 11.3. The van der Waals surface area contributed by atoms with E-state index in [-0.39, 0.29) is 0 Å². The summed E-state index contributed by atoms with van der Waals surface area (Å²) in [6.07, 6.45) is 1.91. The van der Waals surface area contributed by atoms with E-state index >= 15 is 0 Å². The molecule has 0 aliphatic heterocycles. The van der Waals surface area contributed by atoms with E-state index in [9.17, 15) is 8.42 Å². The number of thioether (sulfide) groups is 1. The van der Waals surface area contributed by atoms with Crippen LogP contribution in [0.15, 0.2) is 29.2 Å². The first-order chi connectivity index (χ1) is 7.07. The lowest BCUT2D eigenvalue weighted by molar-refractivity contribution is 0.604. The summed E-state index contributed by atoms with van der Waals surface area (Å²) >= 11 is 1.52. The summed E-state index contributed by atoms with van der Waals surface area (Å²) in [6.45, 7) is 0. The van der Waals surface area contributed by atoms with E-state index in [0.29, 0.717) is 5.69 Å². The summed E-state index contributed by atoms with van der Waals surface area (Å²) in [6, 6.07) is 8.61. The van der Waals surface area contributed by atoms with Crippen molar-refractivity contribution in [1.82, 2.24) is 0 Å². The number of hydrogen-bond acceptors (Lipinski definition) is 4. The Balaban J connectivity index is 2.86. The van der Waals surface area contributed by atoms with Gasteiger partial charge in [-0.25, -0.2) is 8.42 Å². The Morgan fingerprint density at radius 1 is 1.53 bits per heavy atom. The molecule has 0 aliphatic rings. The fraction of sp³-hybridized carbons (Fsp3) is 0.222. The molecule has 1 rings (SSSR count). The van der Waals surface area contributed by atoms with E-state index in [1.807, 2.05) is 12.3 Å². The van der Waals surface area contributed by atoms with Crippen molar-refractivity contribution in [3.05, 3.63) is 24.3 Å². The van der Waals surface area contributed by atoms with Crippen molar-refractivity contribution in [1.29, 1.82) is 5.26 Å². The Kier molecular flexibility index (Phi) is 4.00. The molecule has 0 fully saturated rings. The molecular weight excluding hydrogens is 232 g/mol. The van der Waals surface area contributed by atoms with E-state index in [1.54, 1.807) is 24.3 Å². The summed E-state index contributed by atoms with van der Waals surface area (Å²) in [5.74, 6) is -0.531. The standard InChI is InChI=1S/C9H10N2O2S2/c1-14-9-4-2-3-8(7-9)11-15(12,13)6-5-10/h2-4,7,11H,6H2,1H3. The van der Waals surface area contributed by atoms with Crippen molar-refractivity contribution in [3.8, 4) is 6.07 Å². The van der Waals surface area contributed by atoms with Crippen molar-refractivity contribution < 1.29 is 8.42 Å². The van der Waals surface area contributed by atoms with Crippen LogP contribution < -0.4 is 4.72 Å². The van der Waals surface area contributed by atoms with E-state index < -0.39 is 15.8 Å². The molecular formula is C9H10N2O2S2. The summed E-state index contributed by atoms with van der Waals surface area (Å²) in [5, 5.41) is 8.31. The maximum absolute atomic E-state index is 11.3. The predicted molar refractivity (Wildman–Crippen MR) is 61.2 cm³/mol. The highest BCUT2D eigenvalue weighted by atomic mass is 32.2. The van der Waals surface area contributed by atoms with Crippen LogP contribution in [0.4, 0.5) is 5.69 Å². The zero-order valence-electron chi connectivity index (χ0n) is 8.10. The van der Waals surface area contributed by atoms with E-state index in [0.717, 1.165) is 4.90 Å². The normalized spacial score (nSPS) is 10.7. The molecule has 0 saturated carbocycles. The van der Waals surface area contributed by atoms with E-state index in [2.05, 4.69) is 4.72 Å². The Hall–Kier alpha value is -1.19. The fourth-order valence-electron chi connectivity index (χ4n) is 0.987. The van der Waals surface area contributed by atoms with Crippen LogP contribution in [0.3, 0.4) is 0 Å². The van der Waals surface area contributed by atoms with Gasteiger partial charge in [0.05, 0.1) is 6.07 Å². The third kappa shape index (κ3) is 3.81. The van der Waals surface area contributed by atoms with Gasteiger partial charge in [0.2, 0.25) is 10.0 Å². The third-order valence-corrected chi connectivity index (χ3v) is 3.38. The van der Waals surface area contributed by atoms with Gasteiger partial charge in [-0.05, 0) is 24.5 Å². The average molecular weight is 242 g/mol. The first-order valence-corrected chi connectivity index (χ1v) is 6.96. The van der Waals surface area contributed by atoms with Gasteiger partial charge < -0.3 is 0 Å². The molecule has 0 aromatic heterocycles. The molecule has 1 aromatic carbocycles. The number of sulfonamides is 1. The summed E-state index contributed by atoms with van der Waals surface area (Å²) in [4.78, 5) is 0.965. The van der Waals surface area contributed by atoms with Gasteiger partial charge in [-0.2, -0.15) is 5.26 Å². The van der Waals surface area contributed by atoms with Crippen LogP contribution in [0, 0.1) is 11.3 Å². The molecule has 0 radical (unpaired) electrons. The monoisotopic (exact) mass is 242 g/mol. The molecule has 0 spiro atoms. The smallest absolute Gasteiger partial charge is 0.246 e. The van der Waals surface area contributed by atoms with Crippen molar-refractivity contribution >= 4 is 27.5 Å². The summed E-state index contributed by atoms with van der Waals surface area (Å²) in [7, 11) is -3.53. The van der Waals surface area contributed by atoms with Crippen LogP contribution in [0.2, 0.25) is 0 Å². The molecule has 0 unspecified atom stereocenters. The number of nitrogens with one attached hydrogen (secondary N) is 1. The maximum atomic E-state index is 11.3. The van der Waals surface area contributed by atoms with Crippen LogP contribution in [-0.4, -0.2) is 20.4 Å². The SMILES string of the molecule is CSc1cccc(NS(=O)(=O)CC#N)c1. The lowest BCUT2D eigenvalue weighted by Gasteiger charge is -2.05. The highest BCUT2D eigenvalue weighted by molar-refractivity contribution is 7.98. The highest BCUT2D eigenvalue weighted by Crippen LogP contribution is 2.19. The lowest BCUT2D eigenvalue weighted by Crippen LogP contribution is -2.15. The number of anilines is 1. The number of hydrogen-bond donors (Lipinski definition) is 1. The van der Waals surface area contributed by atoms with Gasteiger partial charge in [-0.3, -0.25) is 4.72 Å². The van der Waals surface area contributed by atoms with Gasteiger partial charge in [0.25, 0.3) is 0 Å². The van der Waals surface area contributed by atoms with Crippen LogP contribution >= 0.6 is 11.8 Å². The second-order valence-electron chi connectivity index (χ2n) is 2.75. The predicted octanol–water partition coefficient (Wildman–Crippen LogP) is 1.67. The van der Waals surface area contributed by atoms with Crippen LogP contribution in [0.5, 0.6) is 0 Å². The van der Waals surface area contributed by atoms with Crippen LogP contribution in [0.1, 0.15) is 0 Å². The van der Waals surface area contributed by atoms with Crippen molar-refractivity contribution in [2.75, 3.05) is 16.7 Å². The van der Waals surface area contributed by atoms with Crippen molar-refractivity contribution in [2.24, 2.45) is 0 Å². The van der Waals surface area contributed by atoms with Gasteiger partial charge >= 0.3 is 0 Å². The first kappa shape index (κ1) is 11.9. The first-order valence-electron chi connectivity index (χ1n) is 4.09. The largest absolute Gasteiger partial charge is 0.283 e. The molecule has 4 nitrogen and oxygen atoms in total. The third-order valence-electron chi connectivity index (χ3n) is 1.60. The Bertz CT molecular complexity index is 477. The van der Waals surface area contributed by atoms with E-state index in [4.69, 9.17) is 5.26 Å². The highest BCUT2D eigenvalue weighted by Gasteiger charge is 2.09. The van der Waals surface area contributed by atoms with Gasteiger partial charge in [-0.1, -0.05) is 6.07 Å². The maximum Gasteiger partial charge on any atom is 0.246 e. The van der Waals surface area contributed by atoms with Crippen molar-refractivity contribution in [3.63, 3.8) is 0 Å². The molecule has 0 heterocycles. The molecule has 80 valence electrons. The molecule has 0 atom stereocenters. The van der Waals surface area contributed by atoms with Gasteiger partial charge in [0, 0.05) is 10.6 Å². The molecule has 6 heteroatoms. The molecule has 1 aromatic rings. The minimum atomic E-state index is -3.53. The Morgan fingerprint density at radius 3 is 2.87 bits per heavy atom. The van der Waals surface area contributed by atoms with Gasteiger partial charge in [0.1, 0.15) is 0 Å². The molecule has 0 aliphatic carbocycles. The summed E-state index contributed by atoms with van der Waals surface area (Å²) in [5.41, 5.74) is 0.483. The zero-order valence-corrected chi connectivity index (χ0v) is 9.73. The van der Waals surface area contributed by atoms with Crippen LogP contribution in [-0.2, 0) is 10.0 Å². The summed E-state index contributed by atoms with van der Waals surface area (Å²) < 4.78 is 24.8. The number of nitriles is 1. The number of benzene rings is 1. The topological polar surface area (TPSA) is 70.0 Å². The average Bonchev–Trinajstić information content (AvgIpc) is 2.17. The molecule has 15 heavy (non-hydrogen) atoms. The molecule has 0 amide bonds. The Labute approximate surface area is 93.4 Å². The quantitative estimate of drug-likeness (QED) is 0.815. The minimum absolute atomic E-state index is 0.483. The lowest BCUT2D eigenvalue weighted by atomic mass is 10.3. The van der Waals surface area contributed by atoms with E-state index in [1.165, 1.54) is 11.8 Å². The van der Waals surface area contributed by atoms with Crippen LogP contribution in [0.25, 0.3) is 0 Å². The molecule has 1 N–H and O–H groups in total. The van der Waals surface area contributed by atoms with Gasteiger partial charge in [-0.15, -0.1) is 11.8 Å². The van der Waals surface area contributed by atoms with Gasteiger partial charge in [0.15, 0.2) is 5.75 Å². The molecule has 0 bridgehead atoms. The number of nitrogens with zero attached hydrogens (tertiary/aromatic N) is 1. The minimum Gasteiger partial charge on any atom is -0.283 e.